The maximum Gasteiger partial charge on any atom is 0.246 e. The predicted molar refractivity (Wildman–Crippen MR) is 56.2 cm³/mol. The third-order valence-electron chi connectivity index (χ3n) is 2.66. The van der Waals surface area contributed by atoms with Gasteiger partial charge in [0.05, 0.1) is 5.69 Å². The van der Waals surface area contributed by atoms with Crippen molar-refractivity contribution in [3.05, 3.63) is 29.1 Å². The Labute approximate surface area is 87.7 Å². The fourth-order valence-electron chi connectivity index (χ4n) is 1.86. The van der Waals surface area contributed by atoms with Gasteiger partial charge in [-0.25, -0.2) is 4.39 Å². The molecule has 4 heteroatoms. The molecule has 0 spiro atoms. The maximum atomic E-state index is 13.2. The topological polar surface area (TPSA) is 41.1 Å². The fourth-order valence-corrected chi connectivity index (χ4v) is 1.86. The third kappa shape index (κ3) is 1.51. The Bertz CT molecular complexity index is 417. The number of likely N-dealkylation sites (N-methyl/N-ethyl adjacent to an activating group) is 1. The van der Waals surface area contributed by atoms with Gasteiger partial charge in [0.2, 0.25) is 5.91 Å². The quantitative estimate of drug-likeness (QED) is 0.777. The normalized spacial score (nSPS) is 18.9. The van der Waals surface area contributed by atoms with E-state index in [4.69, 9.17) is 0 Å². The summed E-state index contributed by atoms with van der Waals surface area (Å²) in [4.78, 5) is 11.6. The van der Waals surface area contributed by atoms with Gasteiger partial charge in [-0.2, -0.15) is 0 Å². The molecule has 1 aromatic carbocycles. The molecule has 0 saturated carbocycles. The molecular weight excluding hydrogens is 195 g/mol. The Morgan fingerprint density at radius 3 is 2.93 bits per heavy atom. The van der Waals surface area contributed by atoms with Gasteiger partial charge in [0, 0.05) is 11.1 Å². The van der Waals surface area contributed by atoms with Crippen molar-refractivity contribution < 1.29 is 9.18 Å². The number of hydrogen-bond donors (Lipinski definition) is 2. The molecule has 0 aromatic heterocycles. The van der Waals surface area contributed by atoms with E-state index >= 15 is 0 Å². The summed E-state index contributed by atoms with van der Waals surface area (Å²) in [7, 11) is 0. The van der Waals surface area contributed by atoms with Gasteiger partial charge >= 0.3 is 0 Å². The van der Waals surface area contributed by atoms with E-state index < -0.39 is 0 Å². The van der Waals surface area contributed by atoms with E-state index in [1.54, 1.807) is 13.0 Å². The van der Waals surface area contributed by atoms with Crippen molar-refractivity contribution in [3.63, 3.8) is 0 Å². The van der Waals surface area contributed by atoms with Crippen molar-refractivity contribution in [2.24, 2.45) is 0 Å². The lowest BCUT2D eigenvalue weighted by Crippen LogP contribution is -2.27. The van der Waals surface area contributed by atoms with Crippen LogP contribution in [0, 0.1) is 12.7 Å². The number of benzene rings is 1. The highest BCUT2D eigenvalue weighted by atomic mass is 19.1. The van der Waals surface area contributed by atoms with Crippen molar-refractivity contribution >= 4 is 11.6 Å². The molecule has 1 aliphatic heterocycles. The number of fused-ring (bicyclic) bond motifs is 1. The van der Waals surface area contributed by atoms with Gasteiger partial charge in [0.25, 0.3) is 0 Å². The largest absolute Gasteiger partial charge is 0.324 e. The first-order valence-electron chi connectivity index (χ1n) is 4.98. The molecule has 0 aliphatic carbocycles. The molecular formula is C11H13FN2O. The highest BCUT2D eigenvalue weighted by Gasteiger charge is 2.31. The van der Waals surface area contributed by atoms with Crippen LogP contribution >= 0.6 is 0 Å². The van der Waals surface area contributed by atoms with Crippen molar-refractivity contribution in [2.45, 2.75) is 19.9 Å². The van der Waals surface area contributed by atoms with E-state index in [-0.39, 0.29) is 17.8 Å². The highest BCUT2D eigenvalue weighted by molar-refractivity contribution is 6.03. The summed E-state index contributed by atoms with van der Waals surface area (Å²) in [5.41, 5.74) is 1.95. The second-order valence-corrected chi connectivity index (χ2v) is 3.62. The van der Waals surface area contributed by atoms with Crippen LogP contribution in [0.2, 0.25) is 0 Å². The Kier molecular flexibility index (Phi) is 2.44. The smallest absolute Gasteiger partial charge is 0.246 e. The number of amides is 1. The van der Waals surface area contributed by atoms with E-state index in [1.807, 2.05) is 6.92 Å². The number of carbonyl (C=O) groups is 1. The Morgan fingerprint density at radius 2 is 2.27 bits per heavy atom. The van der Waals surface area contributed by atoms with E-state index in [1.165, 1.54) is 6.07 Å². The second-order valence-electron chi connectivity index (χ2n) is 3.62. The Balaban J connectivity index is 2.47. The standard InChI is InChI=1S/C11H13FN2O/c1-3-13-10-7-4-5-8(12)6(2)9(7)14-11(10)15/h4-5,10,13H,3H2,1-2H3,(H,14,15). The first kappa shape index (κ1) is 10.1. The molecule has 3 nitrogen and oxygen atoms in total. The molecule has 0 fully saturated rings. The molecule has 2 rings (SSSR count). The molecule has 1 aliphatic rings. The van der Waals surface area contributed by atoms with Crippen molar-refractivity contribution in [2.75, 3.05) is 11.9 Å². The SMILES string of the molecule is CCNC1C(=O)Nc2c1ccc(F)c2C. The Morgan fingerprint density at radius 1 is 1.53 bits per heavy atom. The van der Waals surface area contributed by atoms with E-state index in [2.05, 4.69) is 10.6 Å². The van der Waals surface area contributed by atoms with Gasteiger partial charge in [-0.3, -0.25) is 4.79 Å². The van der Waals surface area contributed by atoms with E-state index in [0.29, 0.717) is 17.8 Å². The molecule has 1 amide bonds. The molecule has 15 heavy (non-hydrogen) atoms. The molecule has 1 unspecified atom stereocenters. The minimum atomic E-state index is -0.343. The van der Waals surface area contributed by atoms with Crippen molar-refractivity contribution in [3.8, 4) is 0 Å². The van der Waals surface area contributed by atoms with Gasteiger partial charge in [-0.1, -0.05) is 13.0 Å². The van der Waals surface area contributed by atoms with Crippen LogP contribution in [-0.4, -0.2) is 12.5 Å². The molecule has 1 aromatic rings. The molecule has 0 saturated heterocycles. The number of halogens is 1. The lowest BCUT2D eigenvalue weighted by atomic mass is 10.0. The number of hydrogen-bond acceptors (Lipinski definition) is 2. The Hall–Kier alpha value is -1.42. The predicted octanol–water partition coefficient (Wildman–Crippen LogP) is 1.74. The summed E-state index contributed by atoms with van der Waals surface area (Å²) in [6.07, 6.45) is 0. The fraction of sp³-hybridized carbons (Fsp3) is 0.364. The number of anilines is 1. The van der Waals surface area contributed by atoms with E-state index in [0.717, 1.165) is 5.56 Å². The van der Waals surface area contributed by atoms with Crippen LogP contribution in [0.1, 0.15) is 24.1 Å². The average Bonchev–Trinajstić information content (AvgIpc) is 2.52. The van der Waals surface area contributed by atoms with Crippen LogP contribution in [0.15, 0.2) is 12.1 Å². The van der Waals surface area contributed by atoms with Crippen molar-refractivity contribution in [1.29, 1.82) is 0 Å². The van der Waals surface area contributed by atoms with Gasteiger partial charge in [-0.15, -0.1) is 0 Å². The molecule has 2 N–H and O–H groups in total. The zero-order valence-corrected chi connectivity index (χ0v) is 8.73. The lowest BCUT2D eigenvalue weighted by Gasteiger charge is -2.09. The average molecular weight is 208 g/mol. The van der Waals surface area contributed by atoms with Gasteiger partial charge in [-0.05, 0) is 19.5 Å². The van der Waals surface area contributed by atoms with Crippen LogP contribution in [-0.2, 0) is 4.79 Å². The van der Waals surface area contributed by atoms with Crippen LogP contribution in [0.25, 0.3) is 0 Å². The van der Waals surface area contributed by atoms with Gasteiger partial charge in [0.1, 0.15) is 11.9 Å². The zero-order chi connectivity index (χ0) is 11.0. The first-order valence-corrected chi connectivity index (χ1v) is 4.98. The summed E-state index contributed by atoms with van der Waals surface area (Å²) < 4.78 is 13.2. The van der Waals surface area contributed by atoms with Crippen LogP contribution in [0.3, 0.4) is 0 Å². The number of carbonyl (C=O) groups excluding carboxylic acids is 1. The molecule has 0 radical (unpaired) electrons. The van der Waals surface area contributed by atoms with Gasteiger partial charge in [0.15, 0.2) is 0 Å². The number of rotatable bonds is 2. The summed E-state index contributed by atoms with van der Waals surface area (Å²) in [5, 5.41) is 5.76. The zero-order valence-electron chi connectivity index (χ0n) is 8.73. The van der Waals surface area contributed by atoms with Gasteiger partial charge < -0.3 is 10.6 Å². The molecule has 0 bridgehead atoms. The third-order valence-corrected chi connectivity index (χ3v) is 2.66. The minimum absolute atomic E-state index is 0.111. The van der Waals surface area contributed by atoms with Crippen molar-refractivity contribution in [1.82, 2.24) is 5.32 Å². The summed E-state index contributed by atoms with van der Waals surface area (Å²) in [6.45, 7) is 4.30. The second kappa shape index (κ2) is 3.62. The van der Waals surface area contributed by atoms with Crippen LogP contribution < -0.4 is 10.6 Å². The first-order chi connectivity index (χ1) is 7.15. The van der Waals surface area contributed by atoms with Crippen LogP contribution in [0.4, 0.5) is 10.1 Å². The lowest BCUT2D eigenvalue weighted by molar-refractivity contribution is -0.117. The maximum absolute atomic E-state index is 13.2. The van der Waals surface area contributed by atoms with Crippen LogP contribution in [0.5, 0.6) is 0 Å². The molecule has 80 valence electrons. The summed E-state index contributed by atoms with van der Waals surface area (Å²) >= 11 is 0. The highest BCUT2D eigenvalue weighted by Crippen LogP contribution is 2.34. The monoisotopic (exact) mass is 208 g/mol. The minimum Gasteiger partial charge on any atom is -0.324 e. The van der Waals surface area contributed by atoms with E-state index in [9.17, 15) is 9.18 Å². The molecule has 1 atom stereocenters. The summed E-state index contributed by atoms with van der Waals surface area (Å²) in [6, 6.07) is 2.71. The number of nitrogens with one attached hydrogen (secondary N) is 2. The summed E-state index contributed by atoms with van der Waals surface area (Å²) in [5.74, 6) is -0.397. The molecule has 1 heterocycles.